The molecule has 1 fully saturated rings. The van der Waals surface area contributed by atoms with E-state index < -0.39 is 24.4 Å². The molecule has 0 radical (unpaired) electrons. The Labute approximate surface area is 153 Å². The predicted octanol–water partition coefficient (Wildman–Crippen LogP) is 2.96. The van der Waals surface area contributed by atoms with Crippen LogP contribution in [0.3, 0.4) is 0 Å². The van der Waals surface area contributed by atoms with E-state index in [9.17, 15) is 10.2 Å². The standard InChI is InChI=1S/C20H38O5/c1-2-3-4-5-6-7-8-9-10-11-12-13-14-24-20-18(23)16-25-19(20)17(22)15-21/h7-8,17-23H,2-6,9-16H2,1H3/b8-7+/t17-,18+,19+,20+/m1/s1. The number of aliphatic hydroxyl groups excluding tert-OH is 3. The summed E-state index contributed by atoms with van der Waals surface area (Å²) in [5.41, 5.74) is 0. The first-order valence-electron chi connectivity index (χ1n) is 10.1. The van der Waals surface area contributed by atoms with Gasteiger partial charge in [0, 0.05) is 6.61 Å². The van der Waals surface area contributed by atoms with Crippen LogP contribution in [0, 0.1) is 0 Å². The van der Waals surface area contributed by atoms with Crippen molar-refractivity contribution in [2.45, 2.75) is 95.5 Å². The molecule has 25 heavy (non-hydrogen) atoms. The lowest BCUT2D eigenvalue weighted by Crippen LogP contribution is -2.42. The topological polar surface area (TPSA) is 79.2 Å². The number of aliphatic hydroxyl groups is 3. The second-order valence-electron chi connectivity index (χ2n) is 6.97. The van der Waals surface area contributed by atoms with E-state index in [1.54, 1.807) is 0 Å². The van der Waals surface area contributed by atoms with Gasteiger partial charge in [0.15, 0.2) is 0 Å². The number of ether oxygens (including phenoxy) is 2. The van der Waals surface area contributed by atoms with Gasteiger partial charge in [-0.1, -0.05) is 51.2 Å². The van der Waals surface area contributed by atoms with Crippen molar-refractivity contribution in [3.05, 3.63) is 12.2 Å². The predicted molar refractivity (Wildman–Crippen MR) is 99.6 cm³/mol. The zero-order chi connectivity index (χ0) is 18.3. The normalized spacial score (nSPS) is 25.0. The third-order valence-electron chi connectivity index (χ3n) is 4.70. The van der Waals surface area contributed by atoms with Gasteiger partial charge in [-0.2, -0.15) is 0 Å². The van der Waals surface area contributed by atoms with Gasteiger partial charge in [0.2, 0.25) is 0 Å². The molecule has 0 aromatic rings. The first-order chi connectivity index (χ1) is 12.2. The Bertz CT molecular complexity index is 334. The van der Waals surface area contributed by atoms with E-state index in [-0.39, 0.29) is 13.2 Å². The highest BCUT2D eigenvalue weighted by molar-refractivity contribution is 4.89. The van der Waals surface area contributed by atoms with Crippen LogP contribution in [0.25, 0.3) is 0 Å². The van der Waals surface area contributed by atoms with Crippen molar-refractivity contribution in [1.29, 1.82) is 0 Å². The van der Waals surface area contributed by atoms with Gasteiger partial charge in [-0.3, -0.25) is 0 Å². The minimum Gasteiger partial charge on any atom is -0.394 e. The van der Waals surface area contributed by atoms with Crippen molar-refractivity contribution >= 4 is 0 Å². The monoisotopic (exact) mass is 358 g/mol. The number of hydrogen-bond acceptors (Lipinski definition) is 5. The van der Waals surface area contributed by atoms with E-state index in [0.29, 0.717) is 6.61 Å². The molecule has 0 bridgehead atoms. The third-order valence-corrected chi connectivity index (χ3v) is 4.70. The molecule has 148 valence electrons. The van der Waals surface area contributed by atoms with Gasteiger partial charge < -0.3 is 24.8 Å². The van der Waals surface area contributed by atoms with E-state index in [2.05, 4.69) is 19.1 Å². The second kappa shape index (κ2) is 14.7. The summed E-state index contributed by atoms with van der Waals surface area (Å²) in [5.74, 6) is 0. The Morgan fingerprint density at radius 1 is 1.04 bits per heavy atom. The molecule has 0 aromatic carbocycles. The summed E-state index contributed by atoms with van der Waals surface area (Å²) in [5, 5.41) is 28.5. The molecule has 3 N–H and O–H groups in total. The highest BCUT2D eigenvalue weighted by Crippen LogP contribution is 2.21. The molecule has 1 rings (SSSR count). The summed E-state index contributed by atoms with van der Waals surface area (Å²) in [7, 11) is 0. The molecular formula is C20H38O5. The summed E-state index contributed by atoms with van der Waals surface area (Å²) in [4.78, 5) is 0. The van der Waals surface area contributed by atoms with Gasteiger partial charge in [0.25, 0.3) is 0 Å². The van der Waals surface area contributed by atoms with Crippen LogP contribution in [0.15, 0.2) is 12.2 Å². The second-order valence-corrected chi connectivity index (χ2v) is 6.97. The Morgan fingerprint density at radius 3 is 2.32 bits per heavy atom. The number of hydrogen-bond donors (Lipinski definition) is 3. The third kappa shape index (κ3) is 9.71. The first-order valence-corrected chi connectivity index (χ1v) is 10.1. The lowest BCUT2D eigenvalue weighted by atomic mass is 10.1. The van der Waals surface area contributed by atoms with Gasteiger partial charge in [-0.15, -0.1) is 0 Å². The molecule has 5 nitrogen and oxygen atoms in total. The number of rotatable bonds is 15. The fraction of sp³-hybridized carbons (Fsp3) is 0.900. The van der Waals surface area contributed by atoms with Gasteiger partial charge in [-0.25, -0.2) is 0 Å². The fourth-order valence-corrected chi connectivity index (χ4v) is 3.12. The average Bonchev–Trinajstić information content (AvgIpc) is 2.99. The maximum atomic E-state index is 9.84. The van der Waals surface area contributed by atoms with Crippen molar-refractivity contribution < 1.29 is 24.8 Å². The van der Waals surface area contributed by atoms with Gasteiger partial charge in [0.1, 0.15) is 24.4 Å². The van der Waals surface area contributed by atoms with E-state index >= 15 is 0 Å². The molecule has 1 aliphatic heterocycles. The molecule has 1 heterocycles. The minimum absolute atomic E-state index is 0.150. The molecule has 0 aromatic heterocycles. The quantitative estimate of drug-likeness (QED) is 0.310. The van der Waals surface area contributed by atoms with Crippen LogP contribution in [-0.2, 0) is 9.47 Å². The zero-order valence-corrected chi connectivity index (χ0v) is 15.8. The fourth-order valence-electron chi connectivity index (χ4n) is 3.12. The van der Waals surface area contributed by atoms with Gasteiger partial charge >= 0.3 is 0 Å². The Morgan fingerprint density at radius 2 is 1.68 bits per heavy atom. The molecule has 1 aliphatic rings. The van der Waals surface area contributed by atoms with E-state index in [1.165, 1.54) is 44.9 Å². The summed E-state index contributed by atoms with van der Waals surface area (Å²) in [6.07, 6.45) is 13.8. The largest absolute Gasteiger partial charge is 0.394 e. The summed E-state index contributed by atoms with van der Waals surface area (Å²) >= 11 is 0. The molecule has 0 saturated carbocycles. The molecule has 0 aliphatic carbocycles. The highest BCUT2D eigenvalue weighted by atomic mass is 16.6. The van der Waals surface area contributed by atoms with Crippen molar-refractivity contribution in [3.8, 4) is 0 Å². The number of allylic oxidation sites excluding steroid dienone is 2. The van der Waals surface area contributed by atoms with Crippen LogP contribution in [0.2, 0.25) is 0 Å². The van der Waals surface area contributed by atoms with Crippen molar-refractivity contribution in [1.82, 2.24) is 0 Å². The smallest absolute Gasteiger partial charge is 0.114 e. The van der Waals surface area contributed by atoms with Crippen molar-refractivity contribution in [2.24, 2.45) is 0 Å². The van der Waals surface area contributed by atoms with E-state index in [1.807, 2.05) is 0 Å². The van der Waals surface area contributed by atoms with Crippen LogP contribution in [0.5, 0.6) is 0 Å². The van der Waals surface area contributed by atoms with Crippen LogP contribution in [0.4, 0.5) is 0 Å². The molecule has 1 saturated heterocycles. The van der Waals surface area contributed by atoms with Gasteiger partial charge in [-0.05, 0) is 32.1 Å². The molecule has 0 spiro atoms. The average molecular weight is 359 g/mol. The summed E-state index contributed by atoms with van der Waals surface area (Å²) < 4.78 is 11.0. The number of unbranched alkanes of at least 4 members (excludes halogenated alkanes) is 8. The summed E-state index contributed by atoms with van der Waals surface area (Å²) in [6, 6.07) is 0. The lowest BCUT2D eigenvalue weighted by Gasteiger charge is -2.23. The Balaban J connectivity index is 1.97. The summed E-state index contributed by atoms with van der Waals surface area (Å²) in [6.45, 7) is 2.55. The van der Waals surface area contributed by atoms with Crippen LogP contribution < -0.4 is 0 Å². The Kier molecular flexibility index (Phi) is 13.3. The van der Waals surface area contributed by atoms with Crippen LogP contribution >= 0.6 is 0 Å². The maximum Gasteiger partial charge on any atom is 0.114 e. The van der Waals surface area contributed by atoms with Crippen molar-refractivity contribution in [2.75, 3.05) is 19.8 Å². The first kappa shape index (κ1) is 22.6. The lowest BCUT2D eigenvalue weighted by molar-refractivity contribution is -0.0938. The Hall–Kier alpha value is -0.460. The van der Waals surface area contributed by atoms with E-state index in [4.69, 9.17) is 14.6 Å². The molecule has 0 unspecified atom stereocenters. The van der Waals surface area contributed by atoms with E-state index in [0.717, 1.165) is 19.3 Å². The van der Waals surface area contributed by atoms with Gasteiger partial charge in [0.05, 0.1) is 13.2 Å². The molecule has 4 atom stereocenters. The highest BCUT2D eigenvalue weighted by Gasteiger charge is 2.40. The maximum absolute atomic E-state index is 9.84. The van der Waals surface area contributed by atoms with Crippen molar-refractivity contribution in [3.63, 3.8) is 0 Å². The zero-order valence-electron chi connectivity index (χ0n) is 15.8. The van der Waals surface area contributed by atoms with Crippen LogP contribution in [0.1, 0.15) is 71.1 Å². The SMILES string of the molecule is CCCCCC/C=C/CCCCCCO[C@@H]1[C@H]([C@H](O)CO)OC[C@@H]1O. The molecule has 0 amide bonds. The minimum atomic E-state index is -1.00. The molecule has 5 heteroatoms. The molecular weight excluding hydrogens is 320 g/mol. The van der Waals surface area contributed by atoms with Crippen LogP contribution in [-0.4, -0.2) is 59.6 Å².